The molecule has 4 nitrogen and oxygen atoms in total. The van der Waals surface area contributed by atoms with Crippen molar-refractivity contribution in [3.05, 3.63) is 95.9 Å². The molecule has 0 aliphatic heterocycles. The van der Waals surface area contributed by atoms with Gasteiger partial charge in [-0.15, -0.1) is 0 Å². The molecule has 3 aromatic carbocycles. The third-order valence-corrected chi connectivity index (χ3v) is 6.31. The Morgan fingerprint density at radius 2 is 1.48 bits per heavy atom. The quantitative estimate of drug-likeness (QED) is 0.335. The van der Waals surface area contributed by atoms with E-state index in [0.717, 1.165) is 10.8 Å². The highest BCUT2D eigenvalue weighted by atomic mass is 15.1. The van der Waals surface area contributed by atoms with Crippen LogP contribution < -0.4 is 0 Å². The van der Waals surface area contributed by atoms with Gasteiger partial charge in [0.15, 0.2) is 0 Å². The molecule has 4 heteroatoms. The predicted octanol–water partition coefficient (Wildman–Crippen LogP) is 6.42. The summed E-state index contributed by atoms with van der Waals surface area (Å²) in [5.74, 6) is 0. The van der Waals surface area contributed by atoms with Gasteiger partial charge in [-0.3, -0.25) is 8.97 Å². The molecule has 0 fully saturated rings. The highest BCUT2D eigenvalue weighted by molar-refractivity contribution is 5.97. The Morgan fingerprint density at radius 1 is 0.677 bits per heavy atom. The molecule has 3 heterocycles. The fourth-order valence-electron chi connectivity index (χ4n) is 4.82. The van der Waals surface area contributed by atoms with Gasteiger partial charge in [0.2, 0.25) is 0 Å². The summed E-state index contributed by atoms with van der Waals surface area (Å²) in [6.07, 6.45) is 3.69. The number of nitrogens with zero attached hydrogens (tertiary/aromatic N) is 4. The Labute approximate surface area is 180 Å². The topological polar surface area (TPSA) is 35.1 Å². The van der Waals surface area contributed by atoms with Gasteiger partial charge in [0.25, 0.3) is 0 Å². The lowest BCUT2D eigenvalue weighted by Crippen LogP contribution is -1.99. The molecular formula is C27H22N4. The van der Waals surface area contributed by atoms with Crippen LogP contribution in [0.2, 0.25) is 0 Å². The summed E-state index contributed by atoms with van der Waals surface area (Å²) in [5.41, 5.74) is 11.0. The van der Waals surface area contributed by atoms with Gasteiger partial charge in [-0.25, -0.2) is 0 Å². The lowest BCUT2D eigenvalue weighted by molar-refractivity contribution is 1.05. The van der Waals surface area contributed by atoms with Crippen LogP contribution in [-0.2, 0) is 0 Å². The number of benzene rings is 3. The van der Waals surface area contributed by atoms with Crippen LogP contribution in [0.25, 0.3) is 44.3 Å². The lowest BCUT2D eigenvalue weighted by Gasteiger charge is -2.16. The molecule has 0 radical (unpaired) electrons. The molecule has 0 atom stereocenters. The first-order valence-corrected chi connectivity index (χ1v) is 10.5. The summed E-state index contributed by atoms with van der Waals surface area (Å²) in [6, 6.07) is 24.0. The van der Waals surface area contributed by atoms with E-state index in [4.69, 9.17) is 0 Å². The minimum atomic E-state index is 1.11. The van der Waals surface area contributed by atoms with E-state index in [0.29, 0.717) is 0 Å². The zero-order valence-electron chi connectivity index (χ0n) is 17.8. The summed E-state index contributed by atoms with van der Waals surface area (Å²) < 4.78 is 4.71. The van der Waals surface area contributed by atoms with Gasteiger partial charge in [-0.1, -0.05) is 30.3 Å². The van der Waals surface area contributed by atoms with Gasteiger partial charge in [-0.2, -0.15) is 10.2 Å². The molecule has 0 saturated carbocycles. The van der Waals surface area contributed by atoms with Gasteiger partial charge in [0, 0.05) is 16.5 Å². The first-order valence-electron chi connectivity index (χ1n) is 10.5. The van der Waals surface area contributed by atoms with Gasteiger partial charge in [-0.05, 0) is 79.4 Å². The molecular weight excluding hydrogens is 380 g/mol. The number of para-hydroxylation sites is 2. The smallest absolute Gasteiger partial charge is 0.122 e. The Hall–Kier alpha value is -3.92. The van der Waals surface area contributed by atoms with Crippen LogP contribution in [0.15, 0.2) is 79.1 Å². The fourth-order valence-corrected chi connectivity index (χ4v) is 4.82. The van der Waals surface area contributed by atoms with Crippen LogP contribution in [0.3, 0.4) is 0 Å². The van der Waals surface area contributed by atoms with Crippen molar-refractivity contribution >= 4 is 27.5 Å². The van der Waals surface area contributed by atoms with Crippen molar-refractivity contribution in [1.29, 1.82) is 0 Å². The van der Waals surface area contributed by atoms with Gasteiger partial charge in [0.05, 0.1) is 29.1 Å². The molecule has 0 spiro atoms. The van der Waals surface area contributed by atoms with Crippen molar-refractivity contribution in [1.82, 2.24) is 19.2 Å². The van der Waals surface area contributed by atoms with E-state index in [1.165, 1.54) is 50.3 Å². The Balaban J connectivity index is 1.63. The molecule has 0 unspecified atom stereocenters. The summed E-state index contributed by atoms with van der Waals surface area (Å²) >= 11 is 0. The SMILES string of the molecule is Cc1cc(-n2c3ccccc3n3c(C)ccc23)c(C)cc1-c1cccc2cnncc12. The molecule has 6 rings (SSSR count). The fraction of sp³-hybridized carbons (Fsp3) is 0.111. The van der Waals surface area contributed by atoms with E-state index in [9.17, 15) is 0 Å². The molecule has 6 aromatic rings. The van der Waals surface area contributed by atoms with Gasteiger partial charge >= 0.3 is 0 Å². The third-order valence-electron chi connectivity index (χ3n) is 6.31. The van der Waals surface area contributed by atoms with Crippen LogP contribution in [0.4, 0.5) is 0 Å². The van der Waals surface area contributed by atoms with E-state index < -0.39 is 0 Å². The summed E-state index contributed by atoms with van der Waals surface area (Å²) in [6.45, 7) is 6.55. The molecule has 0 saturated heterocycles. The second kappa shape index (κ2) is 6.54. The van der Waals surface area contributed by atoms with Crippen LogP contribution >= 0.6 is 0 Å². The monoisotopic (exact) mass is 402 g/mol. The molecule has 0 aliphatic carbocycles. The molecule has 0 amide bonds. The summed E-state index contributed by atoms with van der Waals surface area (Å²) in [5, 5.41) is 10.4. The van der Waals surface area contributed by atoms with Crippen molar-refractivity contribution in [3.63, 3.8) is 0 Å². The summed E-state index contributed by atoms with van der Waals surface area (Å²) in [4.78, 5) is 0. The zero-order valence-corrected chi connectivity index (χ0v) is 17.8. The van der Waals surface area contributed by atoms with Crippen molar-refractivity contribution in [2.45, 2.75) is 20.8 Å². The minimum Gasteiger partial charge on any atom is -0.298 e. The number of aromatic nitrogens is 4. The second-order valence-electron chi connectivity index (χ2n) is 8.24. The normalized spacial score (nSPS) is 11.7. The van der Waals surface area contributed by atoms with E-state index >= 15 is 0 Å². The standard InChI is InChI=1S/C27H22N4/c1-17-14-26(31-25-10-5-4-9-24(25)30-19(3)11-12-27(30)31)18(2)13-22(17)21-8-6-7-20-15-28-29-16-23(20)21/h4-16H,1-3H3. The van der Waals surface area contributed by atoms with Crippen LogP contribution in [0.5, 0.6) is 0 Å². The lowest BCUT2D eigenvalue weighted by atomic mass is 9.94. The largest absolute Gasteiger partial charge is 0.298 e. The van der Waals surface area contributed by atoms with E-state index in [1.54, 1.807) is 0 Å². The number of hydrogen-bond acceptors (Lipinski definition) is 2. The number of fused-ring (bicyclic) bond motifs is 4. The number of imidazole rings is 1. The number of hydrogen-bond donors (Lipinski definition) is 0. The number of aryl methyl sites for hydroxylation is 3. The Morgan fingerprint density at radius 3 is 2.35 bits per heavy atom. The average molecular weight is 403 g/mol. The van der Waals surface area contributed by atoms with Crippen molar-refractivity contribution in [2.24, 2.45) is 0 Å². The molecule has 0 aliphatic rings. The molecule has 31 heavy (non-hydrogen) atoms. The molecule has 150 valence electrons. The van der Waals surface area contributed by atoms with E-state index in [2.05, 4.69) is 107 Å². The minimum absolute atomic E-state index is 1.11. The van der Waals surface area contributed by atoms with E-state index in [1.807, 2.05) is 12.4 Å². The highest BCUT2D eigenvalue weighted by Gasteiger charge is 2.17. The van der Waals surface area contributed by atoms with Crippen LogP contribution in [0, 0.1) is 20.8 Å². The average Bonchev–Trinajstić information content (AvgIpc) is 3.32. The molecule has 3 aromatic heterocycles. The van der Waals surface area contributed by atoms with Crippen molar-refractivity contribution in [3.8, 4) is 16.8 Å². The Bertz CT molecular complexity index is 1610. The number of rotatable bonds is 2. The molecule has 0 N–H and O–H groups in total. The second-order valence-corrected chi connectivity index (χ2v) is 8.24. The van der Waals surface area contributed by atoms with Gasteiger partial charge in [0.1, 0.15) is 5.65 Å². The third kappa shape index (κ3) is 2.55. The van der Waals surface area contributed by atoms with Crippen molar-refractivity contribution in [2.75, 3.05) is 0 Å². The van der Waals surface area contributed by atoms with E-state index in [-0.39, 0.29) is 0 Å². The predicted molar refractivity (Wildman–Crippen MR) is 127 cm³/mol. The molecule has 0 bridgehead atoms. The maximum Gasteiger partial charge on any atom is 0.122 e. The van der Waals surface area contributed by atoms with Gasteiger partial charge < -0.3 is 0 Å². The summed E-state index contributed by atoms with van der Waals surface area (Å²) in [7, 11) is 0. The first-order chi connectivity index (χ1) is 15.1. The Kier molecular flexibility index (Phi) is 3.78. The van der Waals surface area contributed by atoms with Crippen LogP contribution in [0.1, 0.15) is 16.8 Å². The maximum atomic E-state index is 4.12. The zero-order chi connectivity index (χ0) is 21.1. The maximum absolute atomic E-state index is 4.12. The highest BCUT2D eigenvalue weighted by Crippen LogP contribution is 2.35. The van der Waals surface area contributed by atoms with Crippen molar-refractivity contribution < 1.29 is 0 Å². The first kappa shape index (κ1) is 17.9. The van der Waals surface area contributed by atoms with Crippen LogP contribution in [-0.4, -0.2) is 19.2 Å².